The quantitative estimate of drug-likeness (QED) is 0.0637. The maximum atomic E-state index is 12.3. The summed E-state index contributed by atoms with van der Waals surface area (Å²) in [6.07, 6.45) is 1.91. The van der Waals surface area contributed by atoms with Crippen LogP contribution in [0.4, 0.5) is 0 Å². The number of rotatable bonds is 21. The van der Waals surface area contributed by atoms with Gasteiger partial charge in [0, 0.05) is 24.3 Å². The van der Waals surface area contributed by atoms with Gasteiger partial charge in [-0.15, -0.1) is 11.8 Å². The molecule has 0 aromatic rings. The monoisotopic (exact) mass is 525 g/mol. The van der Waals surface area contributed by atoms with Crippen LogP contribution in [0, 0.1) is 0 Å². The van der Waals surface area contributed by atoms with Crippen molar-refractivity contribution in [2.45, 2.75) is 44.9 Å². The minimum Gasteiger partial charge on any atom is -0.481 e. The summed E-state index contributed by atoms with van der Waals surface area (Å²) in [6, 6.07) is -1.21. The Balaban J connectivity index is 0. The van der Waals surface area contributed by atoms with Gasteiger partial charge in [-0.1, -0.05) is 20.8 Å². The number of amides is 1. The predicted octanol–water partition coefficient (Wildman–Crippen LogP) is -0.447. The number of nitrogens with two attached hydrogens (primary N) is 3. The molecular formula is C21H43N5O8S. The Kier molecular flexibility index (Phi) is 23.7. The zero-order chi connectivity index (χ0) is 27.1. The maximum absolute atomic E-state index is 12.3. The number of hydrogen-bond donors (Lipinski definition) is 6. The zero-order valence-corrected chi connectivity index (χ0v) is 21.8. The highest BCUT2D eigenvalue weighted by molar-refractivity contribution is 8.00. The average molecular weight is 526 g/mol. The minimum absolute atomic E-state index is 0.0665. The molecule has 206 valence electrons. The SMILES string of the molecule is CC.CCCOCCOCCOCCN(N)/C=C(\N)CNC(=O)C(CC(=O)O)SCC(N)C(=O)O. The number of carbonyl (C=O) groups excluding carboxylic acids is 1. The van der Waals surface area contributed by atoms with Crippen molar-refractivity contribution >= 4 is 29.6 Å². The fourth-order valence-corrected chi connectivity index (χ4v) is 3.24. The van der Waals surface area contributed by atoms with Gasteiger partial charge < -0.3 is 46.2 Å². The van der Waals surface area contributed by atoms with Crippen LogP contribution in [0.1, 0.15) is 33.6 Å². The smallest absolute Gasteiger partial charge is 0.321 e. The first kappa shape index (κ1) is 35.1. The molecule has 0 fully saturated rings. The highest BCUT2D eigenvalue weighted by atomic mass is 32.2. The number of carbonyl (C=O) groups is 3. The molecule has 1 amide bonds. The summed E-state index contributed by atoms with van der Waals surface area (Å²) in [4.78, 5) is 34.1. The van der Waals surface area contributed by atoms with E-state index in [0.29, 0.717) is 39.6 Å². The van der Waals surface area contributed by atoms with Crippen LogP contribution in [0.2, 0.25) is 0 Å². The fraction of sp³-hybridized carbons (Fsp3) is 0.762. The van der Waals surface area contributed by atoms with Crippen molar-refractivity contribution in [2.24, 2.45) is 17.3 Å². The number of hydrogen-bond acceptors (Lipinski definition) is 11. The van der Waals surface area contributed by atoms with Gasteiger partial charge in [0.25, 0.3) is 0 Å². The second-order valence-electron chi connectivity index (χ2n) is 6.86. The van der Waals surface area contributed by atoms with Gasteiger partial charge in [-0.2, -0.15) is 0 Å². The lowest BCUT2D eigenvalue weighted by molar-refractivity contribution is -0.138. The van der Waals surface area contributed by atoms with Crippen LogP contribution in [0.3, 0.4) is 0 Å². The highest BCUT2D eigenvalue weighted by Gasteiger charge is 2.24. The van der Waals surface area contributed by atoms with Crippen LogP contribution in [0.25, 0.3) is 0 Å². The van der Waals surface area contributed by atoms with E-state index in [9.17, 15) is 14.4 Å². The Morgan fingerprint density at radius 3 is 2.09 bits per heavy atom. The first-order valence-electron chi connectivity index (χ1n) is 11.5. The fourth-order valence-electron chi connectivity index (χ4n) is 2.16. The molecule has 9 N–H and O–H groups in total. The summed E-state index contributed by atoms with van der Waals surface area (Å²) in [6.45, 7) is 9.28. The van der Waals surface area contributed by atoms with E-state index in [1.165, 1.54) is 11.2 Å². The van der Waals surface area contributed by atoms with Gasteiger partial charge in [-0.05, 0) is 6.42 Å². The number of aliphatic carboxylic acids is 2. The summed E-state index contributed by atoms with van der Waals surface area (Å²) >= 11 is 0.856. The molecule has 0 heterocycles. The summed E-state index contributed by atoms with van der Waals surface area (Å²) in [5.74, 6) is 2.67. The van der Waals surface area contributed by atoms with Crippen LogP contribution < -0.4 is 22.6 Å². The van der Waals surface area contributed by atoms with Gasteiger partial charge in [0.05, 0.1) is 57.8 Å². The standard InChI is InChI=1S/C19H37N5O8S.C2H6/c1-2-4-30-6-8-32-9-7-31-5-3-24(22)12-14(20)11-23-18(27)16(10-17(25)26)33-13-15(21)19(28)29;1-2/h12,15-16H,2-11,13,20-22H2,1H3,(H,23,27)(H,25,26)(H,28,29);1-2H3/b14-12-;. The Labute approximate surface area is 211 Å². The van der Waals surface area contributed by atoms with Crippen molar-refractivity contribution in [3.63, 3.8) is 0 Å². The Morgan fingerprint density at radius 1 is 1.03 bits per heavy atom. The number of nitrogens with zero attached hydrogens (tertiary/aromatic N) is 1. The molecule has 0 saturated heterocycles. The number of hydrazine groups is 1. The third-order valence-electron chi connectivity index (χ3n) is 3.83. The number of carboxylic acids is 2. The van der Waals surface area contributed by atoms with Crippen molar-refractivity contribution in [2.75, 3.05) is 58.5 Å². The Morgan fingerprint density at radius 2 is 1.57 bits per heavy atom. The summed E-state index contributed by atoms with van der Waals surface area (Å²) < 4.78 is 16.0. The van der Waals surface area contributed by atoms with E-state index in [4.69, 9.17) is 41.7 Å². The van der Waals surface area contributed by atoms with Crippen molar-refractivity contribution in [1.82, 2.24) is 10.3 Å². The molecule has 14 heteroatoms. The average Bonchev–Trinajstić information content (AvgIpc) is 2.82. The largest absolute Gasteiger partial charge is 0.481 e. The lowest BCUT2D eigenvalue weighted by Crippen LogP contribution is -2.39. The zero-order valence-electron chi connectivity index (χ0n) is 20.9. The van der Waals surface area contributed by atoms with Gasteiger partial charge in [-0.3, -0.25) is 14.4 Å². The van der Waals surface area contributed by atoms with Crippen LogP contribution in [-0.4, -0.2) is 103 Å². The summed E-state index contributed by atoms with van der Waals surface area (Å²) in [7, 11) is 0. The molecule has 0 aromatic heterocycles. The molecule has 2 atom stereocenters. The van der Waals surface area contributed by atoms with E-state index in [1.54, 1.807) is 0 Å². The maximum Gasteiger partial charge on any atom is 0.321 e. The molecule has 13 nitrogen and oxygen atoms in total. The number of thioether (sulfide) groups is 1. The van der Waals surface area contributed by atoms with Crippen molar-refractivity contribution in [1.29, 1.82) is 0 Å². The third-order valence-corrected chi connectivity index (χ3v) is 5.17. The molecule has 0 rings (SSSR count). The first-order valence-corrected chi connectivity index (χ1v) is 12.5. The van der Waals surface area contributed by atoms with E-state index in [0.717, 1.165) is 24.8 Å². The molecule has 0 aromatic carbocycles. The van der Waals surface area contributed by atoms with E-state index >= 15 is 0 Å². The number of carboxylic acid groups (broad SMARTS) is 2. The van der Waals surface area contributed by atoms with E-state index < -0.39 is 35.6 Å². The third kappa shape index (κ3) is 22.1. The van der Waals surface area contributed by atoms with Crippen molar-refractivity contribution < 1.29 is 38.8 Å². The normalized spacial score (nSPS) is 12.8. The van der Waals surface area contributed by atoms with Crippen molar-refractivity contribution in [3.8, 4) is 0 Å². The molecule has 0 spiro atoms. The lowest BCUT2D eigenvalue weighted by atomic mass is 10.3. The summed E-state index contributed by atoms with van der Waals surface area (Å²) in [5, 5.41) is 20.6. The van der Waals surface area contributed by atoms with Crippen molar-refractivity contribution in [3.05, 3.63) is 11.9 Å². The van der Waals surface area contributed by atoms with Crippen LogP contribution >= 0.6 is 11.8 Å². The molecule has 0 radical (unpaired) electrons. The predicted molar refractivity (Wildman–Crippen MR) is 134 cm³/mol. The molecule has 0 aliphatic heterocycles. The van der Waals surface area contributed by atoms with Gasteiger partial charge >= 0.3 is 11.9 Å². The van der Waals surface area contributed by atoms with Crippen LogP contribution in [0.15, 0.2) is 11.9 Å². The first-order chi connectivity index (χ1) is 16.7. The molecule has 0 bridgehead atoms. The highest BCUT2D eigenvalue weighted by Crippen LogP contribution is 2.16. The van der Waals surface area contributed by atoms with E-state index in [1.807, 2.05) is 20.8 Å². The topological polar surface area (TPSA) is 213 Å². The van der Waals surface area contributed by atoms with Gasteiger partial charge in [0.15, 0.2) is 0 Å². The van der Waals surface area contributed by atoms with Gasteiger partial charge in [0.1, 0.15) is 6.04 Å². The van der Waals surface area contributed by atoms with Gasteiger partial charge in [0.2, 0.25) is 5.91 Å². The number of ether oxygens (including phenoxy) is 3. The van der Waals surface area contributed by atoms with Crippen LogP contribution in [0.5, 0.6) is 0 Å². The summed E-state index contributed by atoms with van der Waals surface area (Å²) in [5.41, 5.74) is 11.5. The van der Waals surface area contributed by atoms with E-state index in [2.05, 4.69) is 5.32 Å². The van der Waals surface area contributed by atoms with Crippen LogP contribution in [-0.2, 0) is 28.6 Å². The lowest BCUT2D eigenvalue weighted by Gasteiger charge is -2.17. The molecule has 2 unspecified atom stereocenters. The second kappa shape index (κ2) is 23.6. The van der Waals surface area contributed by atoms with Gasteiger partial charge in [-0.25, -0.2) is 5.84 Å². The number of nitrogens with one attached hydrogen (secondary N) is 1. The minimum atomic E-state index is -1.24. The van der Waals surface area contributed by atoms with E-state index in [-0.39, 0.29) is 18.0 Å². The molecule has 35 heavy (non-hydrogen) atoms. The Bertz CT molecular complexity index is 612. The second-order valence-corrected chi connectivity index (χ2v) is 8.10. The molecular weight excluding hydrogens is 482 g/mol. The molecule has 0 saturated carbocycles. The molecule has 0 aliphatic rings. The Hall–Kier alpha value is -2.10. The molecule has 0 aliphatic carbocycles.